The summed E-state index contributed by atoms with van der Waals surface area (Å²) in [6.07, 6.45) is -1.99. The highest BCUT2D eigenvalue weighted by Crippen LogP contribution is 2.25. The van der Waals surface area contributed by atoms with Crippen LogP contribution in [0.5, 0.6) is 5.75 Å². The molecule has 1 fully saturated rings. The van der Waals surface area contributed by atoms with Crippen LogP contribution in [-0.4, -0.2) is 64.3 Å². The zero-order valence-corrected chi connectivity index (χ0v) is 20.9. The molecule has 1 aliphatic heterocycles. The summed E-state index contributed by atoms with van der Waals surface area (Å²) in [5, 5.41) is 11.8. The lowest BCUT2D eigenvalue weighted by atomic mass is 10.1. The van der Waals surface area contributed by atoms with Crippen LogP contribution in [0.25, 0.3) is 0 Å². The number of methoxy groups -OCH3 is 1. The molecule has 12 heteroatoms. The minimum Gasteiger partial charge on any atom is -0.488 e. The van der Waals surface area contributed by atoms with Crippen molar-refractivity contribution in [1.82, 2.24) is 9.80 Å². The highest BCUT2D eigenvalue weighted by Gasteiger charge is 2.46. The Bertz CT molecular complexity index is 1170. The van der Waals surface area contributed by atoms with Crippen molar-refractivity contribution in [2.75, 3.05) is 7.11 Å². The highest BCUT2D eigenvalue weighted by molar-refractivity contribution is 6.30. The second kappa shape index (κ2) is 11.5. The molecule has 2 aromatic rings. The van der Waals surface area contributed by atoms with Gasteiger partial charge in [-0.1, -0.05) is 23.7 Å². The zero-order valence-electron chi connectivity index (χ0n) is 20.1. The summed E-state index contributed by atoms with van der Waals surface area (Å²) in [6, 6.07) is 7.84. The van der Waals surface area contributed by atoms with Crippen molar-refractivity contribution >= 4 is 41.3 Å². The molecule has 2 unspecified atom stereocenters. The van der Waals surface area contributed by atoms with Crippen molar-refractivity contribution in [3.05, 3.63) is 58.9 Å². The molecule has 0 saturated carbocycles. The minimum absolute atomic E-state index is 0.0207. The third-order valence-corrected chi connectivity index (χ3v) is 5.54. The van der Waals surface area contributed by atoms with Gasteiger partial charge in [-0.2, -0.15) is 10.3 Å². The summed E-state index contributed by atoms with van der Waals surface area (Å²) in [6.45, 7) is 4.85. The molecule has 0 bridgehead atoms. The number of primary amides is 1. The Morgan fingerprint density at radius 1 is 1.17 bits per heavy atom. The van der Waals surface area contributed by atoms with Crippen LogP contribution in [0.3, 0.4) is 0 Å². The van der Waals surface area contributed by atoms with Gasteiger partial charge in [-0.15, -0.1) is 0 Å². The van der Waals surface area contributed by atoms with E-state index in [0.717, 1.165) is 23.4 Å². The van der Waals surface area contributed by atoms with E-state index < -0.39 is 36.0 Å². The van der Waals surface area contributed by atoms with E-state index in [2.05, 4.69) is 9.73 Å². The predicted octanol–water partition coefficient (Wildman–Crippen LogP) is 2.80. The first kappa shape index (κ1) is 27.1. The lowest BCUT2D eigenvalue weighted by molar-refractivity contribution is -0.455. The van der Waals surface area contributed by atoms with E-state index in [1.165, 1.54) is 24.0 Å². The number of nitrogens with two attached hydrogens (primary N) is 1. The molecule has 2 aromatic carbocycles. The molecule has 2 atom stereocenters. The van der Waals surface area contributed by atoms with Crippen molar-refractivity contribution in [1.29, 1.82) is 0 Å². The number of aliphatic imine (C=N–C) groups is 1. The second-order valence-electron chi connectivity index (χ2n) is 8.31. The van der Waals surface area contributed by atoms with E-state index in [4.69, 9.17) is 16.3 Å². The first-order valence-electron chi connectivity index (χ1n) is 11.1. The number of esters is 1. The standard InChI is InChI=1S/C24H26ClFN4O6/c1-13(2)36-19-10-9-17(11-18(19)26)27-22-28-23(33)30(14(3)20(31)21(32)35-4)24(34)29(22)12-15-5-7-16(25)8-6-15/h5-11,13-14,20,31H,12H2,1-4H3,(H,27,28,33)/p+1. The molecule has 3 rings (SSSR count). The van der Waals surface area contributed by atoms with E-state index >= 15 is 0 Å². The summed E-state index contributed by atoms with van der Waals surface area (Å²) in [5.41, 5.74) is 0.809. The summed E-state index contributed by atoms with van der Waals surface area (Å²) in [7, 11) is 1.08. The van der Waals surface area contributed by atoms with Crippen LogP contribution < -0.4 is 10.1 Å². The van der Waals surface area contributed by atoms with Gasteiger partial charge in [-0.05, 0) is 50.6 Å². The number of imide groups is 1. The SMILES string of the molecule is COC(=O)C(O)C(C)N1C(=O)[NH2+]C(=Nc2ccc(OC(C)C)c(F)c2)N(Cc2ccc(Cl)cc2)C1=O. The number of aliphatic hydroxyl groups is 1. The van der Waals surface area contributed by atoms with Crippen molar-refractivity contribution in [3.63, 3.8) is 0 Å². The van der Waals surface area contributed by atoms with Gasteiger partial charge in [0.05, 0.1) is 31.5 Å². The molecular formula is C24H27ClFN4O6+. The van der Waals surface area contributed by atoms with Gasteiger partial charge in [0.2, 0.25) is 0 Å². The largest absolute Gasteiger partial charge is 0.488 e. The Morgan fingerprint density at radius 2 is 1.83 bits per heavy atom. The number of urea groups is 2. The van der Waals surface area contributed by atoms with E-state index in [0.29, 0.717) is 10.6 Å². The Balaban J connectivity index is 1.99. The number of rotatable bonds is 8. The van der Waals surface area contributed by atoms with E-state index in [1.807, 2.05) is 0 Å². The smallest absolute Gasteiger partial charge is 0.432 e. The van der Waals surface area contributed by atoms with Gasteiger partial charge < -0.3 is 14.6 Å². The van der Waals surface area contributed by atoms with Crippen molar-refractivity contribution in [2.24, 2.45) is 4.99 Å². The first-order chi connectivity index (χ1) is 17.0. The van der Waals surface area contributed by atoms with Crippen LogP contribution in [0.4, 0.5) is 19.7 Å². The van der Waals surface area contributed by atoms with Crippen LogP contribution in [0, 0.1) is 5.82 Å². The molecule has 1 aliphatic rings. The maximum atomic E-state index is 14.5. The summed E-state index contributed by atoms with van der Waals surface area (Å²) in [5.74, 6) is -1.65. The number of carbonyl (C=O) groups is 3. The molecule has 192 valence electrons. The van der Waals surface area contributed by atoms with Crippen LogP contribution >= 0.6 is 11.6 Å². The van der Waals surface area contributed by atoms with Gasteiger partial charge in [0.15, 0.2) is 17.7 Å². The molecule has 3 N–H and O–H groups in total. The third-order valence-electron chi connectivity index (χ3n) is 5.29. The maximum Gasteiger partial charge on any atom is 0.432 e. The molecule has 1 heterocycles. The fourth-order valence-corrected chi connectivity index (χ4v) is 3.59. The van der Waals surface area contributed by atoms with Crippen molar-refractivity contribution in [3.8, 4) is 5.75 Å². The average molecular weight is 522 g/mol. The summed E-state index contributed by atoms with van der Waals surface area (Å²) >= 11 is 5.96. The molecule has 36 heavy (non-hydrogen) atoms. The normalized spacial score (nSPS) is 16.9. The molecule has 0 radical (unpaired) electrons. The highest BCUT2D eigenvalue weighted by atomic mass is 35.5. The summed E-state index contributed by atoms with van der Waals surface area (Å²) in [4.78, 5) is 44.4. The number of ether oxygens (including phenoxy) is 2. The predicted molar refractivity (Wildman–Crippen MR) is 128 cm³/mol. The molecule has 4 amide bonds. The quantitative estimate of drug-likeness (QED) is 0.515. The lowest BCUT2D eigenvalue weighted by Crippen LogP contribution is -3.01. The molecule has 0 aromatic heterocycles. The van der Waals surface area contributed by atoms with Crippen LogP contribution in [0.1, 0.15) is 26.3 Å². The number of hydrogen-bond donors (Lipinski definition) is 2. The maximum absolute atomic E-state index is 14.5. The lowest BCUT2D eigenvalue weighted by Gasteiger charge is -2.35. The molecule has 10 nitrogen and oxygen atoms in total. The van der Waals surface area contributed by atoms with Crippen LogP contribution in [0.15, 0.2) is 47.5 Å². The number of amides is 4. The number of quaternary nitrogens is 1. The number of nitrogens with zero attached hydrogens (tertiary/aromatic N) is 3. The Kier molecular flexibility index (Phi) is 8.62. The monoisotopic (exact) mass is 521 g/mol. The molecular weight excluding hydrogens is 495 g/mol. The topological polar surface area (TPSA) is 125 Å². The zero-order chi connectivity index (χ0) is 26.6. The van der Waals surface area contributed by atoms with Gasteiger partial charge in [0.25, 0.3) is 0 Å². The number of carbonyl (C=O) groups excluding carboxylic acids is 3. The van der Waals surface area contributed by atoms with Crippen molar-refractivity contribution in [2.45, 2.75) is 45.6 Å². The summed E-state index contributed by atoms with van der Waals surface area (Å²) < 4.78 is 24.4. The molecule has 1 saturated heterocycles. The molecule has 0 aliphatic carbocycles. The molecule has 0 spiro atoms. The van der Waals surface area contributed by atoms with Gasteiger partial charge in [0.1, 0.15) is 0 Å². The fourth-order valence-electron chi connectivity index (χ4n) is 3.47. The van der Waals surface area contributed by atoms with Gasteiger partial charge in [-0.25, -0.2) is 28.6 Å². The van der Waals surface area contributed by atoms with Crippen molar-refractivity contribution < 1.29 is 38.7 Å². The Labute approximate surface area is 212 Å². The minimum atomic E-state index is -1.75. The van der Waals surface area contributed by atoms with Gasteiger partial charge >= 0.3 is 24.0 Å². The van der Waals surface area contributed by atoms with Gasteiger partial charge in [0, 0.05) is 11.1 Å². The third kappa shape index (κ3) is 6.17. The second-order valence-corrected chi connectivity index (χ2v) is 8.74. The Hall–Kier alpha value is -3.54. The van der Waals surface area contributed by atoms with Crippen LogP contribution in [-0.2, 0) is 16.1 Å². The average Bonchev–Trinajstić information content (AvgIpc) is 2.83. The van der Waals surface area contributed by atoms with Crippen LogP contribution in [0.2, 0.25) is 5.02 Å². The number of halogens is 2. The Morgan fingerprint density at radius 3 is 2.42 bits per heavy atom. The number of benzene rings is 2. The van der Waals surface area contributed by atoms with E-state index in [9.17, 15) is 23.9 Å². The fraction of sp³-hybridized carbons (Fsp3) is 0.333. The van der Waals surface area contributed by atoms with E-state index in [-0.39, 0.29) is 30.0 Å². The van der Waals surface area contributed by atoms with Gasteiger partial charge in [-0.3, -0.25) is 0 Å². The van der Waals surface area contributed by atoms with E-state index in [1.54, 1.807) is 38.1 Å². The first-order valence-corrected chi connectivity index (χ1v) is 11.4. The number of hydrogen-bond acceptors (Lipinski definition) is 7. The number of guanidine groups is 1. The number of aliphatic hydroxyl groups excluding tert-OH is 1.